The fourth-order valence-electron chi connectivity index (χ4n) is 3.21. The number of hydrogen-bond acceptors (Lipinski definition) is 4. The Balaban J connectivity index is 2.05. The van der Waals surface area contributed by atoms with Crippen molar-refractivity contribution >= 4 is 5.91 Å². The zero-order valence-electron chi connectivity index (χ0n) is 14.1. The van der Waals surface area contributed by atoms with Crippen LogP contribution in [0.25, 0.3) is 5.69 Å². The summed E-state index contributed by atoms with van der Waals surface area (Å²) in [6, 6.07) is 7.33. The summed E-state index contributed by atoms with van der Waals surface area (Å²) in [5, 5.41) is 4.18. The number of rotatable bonds is 3. The normalized spacial score (nSPS) is 17.6. The van der Waals surface area contributed by atoms with Gasteiger partial charge >= 0.3 is 0 Å². The SMILES string of the molecule is Cc1cc(=O)c(C(=O)N2CCCCC2CN)nn1-c1ccccc1F. The average Bonchev–Trinajstić information content (AvgIpc) is 2.62. The molecule has 0 aliphatic carbocycles. The molecule has 1 aliphatic rings. The lowest BCUT2D eigenvalue weighted by atomic mass is 10.0. The smallest absolute Gasteiger partial charge is 0.278 e. The van der Waals surface area contributed by atoms with E-state index in [1.165, 1.54) is 16.8 Å². The molecule has 2 aromatic rings. The molecule has 25 heavy (non-hydrogen) atoms. The number of likely N-dealkylation sites (tertiary alicyclic amines) is 1. The summed E-state index contributed by atoms with van der Waals surface area (Å²) >= 11 is 0. The third-order valence-corrected chi connectivity index (χ3v) is 4.55. The van der Waals surface area contributed by atoms with E-state index in [1.54, 1.807) is 30.0 Å². The second kappa shape index (κ2) is 7.14. The van der Waals surface area contributed by atoms with Crippen LogP contribution in [-0.2, 0) is 0 Å². The van der Waals surface area contributed by atoms with E-state index in [0.29, 0.717) is 18.8 Å². The highest BCUT2D eigenvalue weighted by atomic mass is 19.1. The molecule has 1 amide bonds. The minimum absolute atomic E-state index is 0.0920. The molecule has 1 atom stereocenters. The van der Waals surface area contributed by atoms with Gasteiger partial charge in [-0.05, 0) is 38.3 Å². The van der Waals surface area contributed by atoms with Crippen LogP contribution in [0.1, 0.15) is 35.4 Å². The summed E-state index contributed by atoms with van der Waals surface area (Å²) in [6.45, 7) is 2.55. The third kappa shape index (κ3) is 3.32. The maximum atomic E-state index is 14.1. The van der Waals surface area contributed by atoms with Crippen LogP contribution in [0.2, 0.25) is 0 Å². The monoisotopic (exact) mass is 344 g/mol. The number of para-hydroxylation sites is 1. The Kier molecular flexibility index (Phi) is 4.94. The summed E-state index contributed by atoms with van der Waals surface area (Å²) in [4.78, 5) is 26.8. The van der Waals surface area contributed by atoms with Crippen LogP contribution in [0.4, 0.5) is 4.39 Å². The first-order valence-corrected chi connectivity index (χ1v) is 8.40. The lowest BCUT2D eigenvalue weighted by molar-refractivity contribution is 0.0613. The first-order valence-electron chi connectivity index (χ1n) is 8.40. The van der Waals surface area contributed by atoms with Gasteiger partial charge in [-0.2, -0.15) is 5.10 Å². The molecule has 1 saturated heterocycles. The highest BCUT2D eigenvalue weighted by Crippen LogP contribution is 2.18. The number of halogens is 1. The number of benzene rings is 1. The van der Waals surface area contributed by atoms with E-state index < -0.39 is 17.2 Å². The van der Waals surface area contributed by atoms with E-state index >= 15 is 0 Å². The topological polar surface area (TPSA) is 81.2 Å². The molecular formula is C18H21FN4O2. The number of aromatic nitrogens is 2. The second-order valence-corrected chi connectivity index (χ2v) is 6.25. The molecule has 0 bridgehead atoms. The Labute approximate surface area is 145 Å². The summed E-state index contributed by atoms with van der Waals surface area (Å²) in [5.41, 5.74) is 5.76. The van der Waals surface area contributed by atoms with Crippen molar-refractivity contribution in [2.24, 2.45) is 5.73 Å². The fraction of sp³-hybridized carbons (Fsp3) is 0.389. The molecule has 1 aliphatic heterocycles. The van der Waals surface area contributed by atoms with Gasteiger partial charge in [0.15, 0.2) is 5.69 Å². The van der Waals surface area contributed by atoms with E-state index in [2.05, 4.69) is 5.10 Å². The Bertz CT molecular complexity index is 849. The molecular weight excluding hydrogens is 323 g/mol. The quantitative estimate of drug-likeness (QED) is 0.918. The Morgan fingerprint density at radius 2 is 2.12 bits per heavy atom. The number of aryl methyl sites for hydroxylation is 1. The van der Waals surface area contributed by atoms with Crippen molar-refractivity contribution < 1.29 is 9.18 Å². The van der Waals surface area contributed by atoms with E-state index in [-0.39, 0.29) is 17.4 Å². The number of piperidine rings is 1. The Hall–Kier alpha value is -2.54. The number of hydrogen-bond donors (Lipinski definition) is 1. The van der Waals surface area contributed by atoms with Crippen molar-refractivity contribution in [1.29, 1.82) is 0 Å². The molecule has 7 heteroatoms. The standard InChI is InChI=1S/C18H21FN4O2/c1-12-10-16(24)17(18(25)22-9-5-4-6-13(22)11-20)21-23(12)15-8-3-2-7-14(15)19/h2-3,7-8,10,13H,4-6,9,11,20H2,1H3. The van der Waals surface area contributed by atoms with Gasteiger partial charge in [0.05, 0.1) is 0 Å². The molecule has 2 heterocycles. The van der Waals surface area contributed by atoms with Crippen LogP contribution < -0.4 is 11.2 Å². The van der Waals surface area contributed by atoms with Crippen LogP contribution in [0.3, 0.4) is 0 Å². The van der Waals surface area contributed by atoms with E-state index in [4.69, 9.17) is 5.73 Å². The molecule has 1 fully saturated rings. The first kappa shape index (κ1) is 17.3. The largest absolute Gasteiger partial charge is 0.333 e. The van der Waals surface area contributed by atoms with Crippen molar-refractivity contribution in [2.45, 2.75) is 32.2 Å². The van der Waals surface area contributed by atoms with Crippen molar-refractivity contribution in [3.63, 3.8) is 0 Å². The molecule has 132 valence electrons. The summed E-state index contributed by atoms with van der Waals surface area (Å²) in [5.74, 6) is -0.914. The van der Waals surface area contributed by atoms with Crippen LogP contribution in [0.5, 0.6) is 0 Å². The average molecular weight is 344 g/mol. The fourth-order valence-corrected chi connectivity index (χ4v) is 3.21. The minimum Gasteiger partial charge on any atom is -0.333 e. The molecule has 1 unspecified atom stereocenters. The maximum absolute atomic E-state index is 14.1. The molecule has 0 radical (unpaired) electrons. The highest BCUT2D eigenvalue weighted by Gasteiger charge is 2.29. The van der Waals surface area contributed by atoms with Gasteiger partial charge in [-0.15, -0.1) is 0 Å². The van der Waals surface area contributed by atoms with Gasteiger partial charge in [0, 0.05) is 30.9 Å². The second-order valence-electron chi connectivity index (χ2n) is 6.25. The Morgan fingerprint density at radius 3 is 2.84 bits per heavy atom. The van der Waals surface area contributed by atoms with E-state index in [1.807, 2.05) is 0 Å². The zero-order chi connectivity index (χ0) is 18.0. The van der Waals surface area contributed by atoms with Gasteiger partial charge in [-0.25, -0.2) is 9.07 Å². The zero-order valence-corrected chi connectivity index (χ0v) is 14.1. The predicted octanol–water partition coefficient (Wildman–Crippen LogP) is 1.63. The number of nitrogens with two attached hydrogens (primary N) is 1. The van der Waals surface area contributed by atoms with Crippen LogP contribution in [-0.4, -0.2) is 39.7 Å². The molecule has 1 aromatic heterocycles. The van der Waals surface area contributed by atoms with Crippen LogP contribution in [0, 0.1) is 12.7 Å². The Morgan fingerprint density at radius 1 is 1.36 bits per heavy atom. The third-order valence-electron chi connectivity index (χ3n) is 4.55. The summed E-state index contributed by atoms with van der Waals surface area (Å²) in [7, 11) is 0. The van der Waals surface area contributed by atoms with Crippen molar-refractivity contribution in [3.05, 3.63) is 57.8 Å². The molecule has 0 spiro atoms. The van der Waals surface area contributed by atoms with Crippen LogP contribution >= 0.6 is 0 Å². The van der Waals surface area contributed by atoms with Crippen molar-refractivity contribution in [2.75, 3.05) is 13.1 Å². The molecule has 0 saturated carbocycles. The highest BCUT2D eigenvalue weighted by molar-refractivity contribution is 5.92. The van der Waals surface area contributed by atoms with Crippen LogP contribution in [0.15, 0.2) is 35.1 Å². The predicted molar refractivity (Wildman–Crippen MR) is 92.3 cm³/mol. The lowest BCUT2D eigenvalue weighted by Gasteiger charge is -2.34. The maximum Gasteiger partial charge on any atom is 0.278 e. The number of nitrogens with zero attached hydrogens (tertiary/aromatic N) is 3. The van der Waals surface area contributed by atoms with Gasteiger partial charge in [0.1, 0.15) is 11.5 Å². The molecule has 3 rings (SSSR count). The number of amides is 1. The molecule has 6 nitrogen and oxygen atoms in total. The molecule has 1 aromatic carbocycles. The van der Waals surface area contributed by atoms with Gasteiger partial charge in [-0.1, -0.05) is 12.1 Å². The van der Waals surface area contributed by atoms with Gasteiger partial charge in [0.2, 0.25) is 5.43 Å². The van der Waals surface area contributed by atoms with Crippen molar-refractivity contribution in [1.82, 2.24) is 14.7 Å². The summed E-state index contributed by atoms with van der Waals surface area (Å²) in [6.07, 6.45) is 2.69. The van der Waals surface area contributed by atoms with E-state index in [9.17, 15) is 14.0 Å². The van der Waals surface area contributed by atoms with E-state index in [0.717, 1.165) is 19.3 Å². The lowest BCUT2D eigenvalue weighted by Crippen LogP contribution is -2.49. The van der Waals surface area contributed by atoms with Crippen molar-refractivity contribution in [3.8, 4) is 5.69 Å². The van der Waals surface area contributed by atoms with Gasteiger partial charge < -0.3 is 10.6 Å². The number of carbonyl (C=O) groups excluding carboxylic acids is 1. The minimum atomic E-state index is -0.474. The first-order chi connectivity index (χ1) is 12.0. The molecule has 2 N–H and O–H groups in total. The number of carbonyl (C=O) groups is 1. The van der Waals surface area contributed by atoms with Gasteiger partial charge in [0.25, 0.3) is 5.91 Å². The summed E-state index contributed by atoms with van der Waals surface area (Å²) < 4.78 is 15.4. The van der Waals surface area contributed by atoms with Gasteiger partial charge in [-0.3, -0.25) is 9.59 Å².